The first-order valence-corrected chi connectivity index (χ1v) is 12.5. The quantitative estimate of drug-likeness (QED) is 0.127. The molecule has 5 aromatic rings. The molecular weight excluding hydrogens is 559 g/mol. The first-order chi connectivity index (χ1) is 17.6. The third-order valence-corrected chi connectivity index (χ3v) is 6.67. The van der Waals surface area contributed by atoms with Gasteiger partial charge in [0.1, 0.15) is 24.0 Å². The van der Waals surface area contributed by atoms with Crippen LogP contribution in [0.2, 0.25) is 0 Å². The lowest BCUT2D eigenvalue weighted by Crippen LogP contribution is -2.13. The minimum atomic E-state index is -0.466. The zero-order valence-corrected chi connectivity index (χ0v) is 21.4. The summed E-state index contributed by atoms with van der Waals surface area (Å²) in [5, 5.41) is 16.8. The maximum Gasteiger partial charge on any atom is 0.266 e. The van der Waals surface area contributed by atoms with Crippen LogP contribution < -0.4 is 10.1 Å². The van der Waals surface area contributed by atoms with Gasteiger partial charge in [0.2, 0.25) is 0 Å². The summed E-state index contributed by atoms with van der Waals surface area (Å²) in [6, 6.07) is 35.6. The summed E-state index contributed by atoms with van der Waals surface area (Å²) in [5.74, 6) is 0.142. The fourth-order valence-electron chi connectivity index (χ4n) is 4.15. The van der Waals surface area contributed by atoms with Gasteiger partial charge in [-0.15, -0.1) is 0 Å². The molecule has 0 fully saturated rings. The highest BCUT2D eigenvalue weighted by Gasteiger charge is 2.14. The Labute approximate surface area is 223 Å². The van der Waals surface area contributed by atoms with E-state index in [9.17, 15) is 10.1 Å². The molecule has 0 radical (unpaired) electrons. The molecule has 1 amide bonds. The van der Waals surface area contributed by atoms with Gasteiger partial charge in [-0.25, -0.2) is 0 Å². The number of carbonyl (C=O) groups excluding carboxylic acids is 1. The Hall–Kier alpha value is -4.15. The largest absolute Gasteiger partial charge is 0.488 e. The average molecular weight is 580 g/mol. The van der Waals surface area contributed by atoms with E-state index in [0.717, 1.165) is 30.7 Å². The summed E-state index contributed by atoms with van der Waals surface area (Å²) >= 11 is 2.20. The van der Waals surface area contributed by atoms with Gasteiger partial charge in [-0.1, -0.05) is 72.8 Å². The standard InChI is InChI=1S/C31H21IN2O2/c32-25-13-15-26(16-14-25)34-31(35)24(19-33)18-29-28-11-4-2-7-22(28)12-17-30(29)36-20-23-9-5-8-21-6-1-3-10-27(21)23/h1-18H,20H2,(H,34,35)/b24-18+. The highest BCUT2D eigenvalue weighted by Crippen LogP contribution is 2.32. The van der Waals surface area contributed by atoms with Crippen LogP contribution in [0.1, 0.15) is 11.1 Å². The lowest BCUT2D eigenvalue weighted by Gasteiger charge is -2.14. The van der Waals surface area contributed by atoms with Gasteiger partial charge >= 0.3 is 0 Å². The SMILES string of the molecule is N#C/C(=C\c1c(OCc2cccc3ccccc23)ccc2ccccc12)C(=O)Nc1ccc(I)cc1. The molecule has 0 aliphatic carbocycles. The second kappa shape index (κ2) is 10.6. The van der Waals surface area contributed by atoms with Crippen molar-refractivity contribution >= 4 is 61.8 Å². The summed E-state index contributed by atoms with van der Waals surface area (Å²) in [5.41, 5.74) is 2.39. The minimum absolute atomic E-state index is 0.0000797. The van der Waals surface area contributed by atoms with Crippen molar-refractivity contribution in [2.75, 3.05) is 5.32 Å². The lowest BCUT2D eigenvalue weighted by molar-refractivity contribution is -0.112. The summed E-state index contributed by atoms with van der Waals surface area (Å²) in [7, 11) is 0. The number of rotatable bonds is 6. The average Bonchev–Trinajstić information content (AvgIpc) is 2.92. The molecule has 5 aromatic carbocycles. The number of hydrogen-bond acceptors (Lipinski definition) is 3. The predicted molar refractivity (Wildman–Crippen MR) is 154 cm³/mol. The monoisotopic (exact) mass is 580 g/mol. The summed E-state index contributed by atoms with van der Waals surface area (Å²) in [4.78, 5) is 13.0. The van der Waals surface area contributed by atoms with Crippen LogP contribution in [0.25, 0.3) is 27.6 Å². The zero-order valence-electron chi connectivity index (χ0n) is 19.2. The lowest BCUT2D eigenvalue weighted by atomic mass is 10.0. The number of ether oxygens (including phenoxy) is 1. The molecule has 5 rings (SSSR count). The molecule has 0 bridgehead atoms. The Morgan fingerprint density at radius 3 is 2.25 bits per heavy atom. The van der Waals surface area contributed by atoms with Gasteiger partial charge in [0.05, 0.1) is 0 Å². The highest BCUT2D eigenvalue weighted by molar-refractivity contribution is 14.1. The Kier molecular flexibility index (Phi) is 6.96. The van der Waals surface area contributed by atoms with Crippen molar-refractivity contribution in [2.45, 2.75) is 6.61 Å². The molecule has 0 aliphatic rings. The van der Waals surface area contributed by atoms with Crippen molar-refractivity contribution in [3.05, 3.63) is 123 Å². The summed E-state index contributed by atoms with van der Waals surface area (Å²) in [6.45, 7) is 0.358. The van der Waals surface area contributed by atoms with E-state index in [1.807, 2.05) is 84.9 Å². The number of benzene rings is 5. The van der Waals surface area contributed by atoms with E-state index in [1.165, 1.54) is 0 Å². The molecule has 0 aliphatic heterocycles. The molecule has 0 spiro atoms. The van der Waals surface area contributed by atoms with Crippen molar-refractivity contribution < 1.29 is 9.53 Å². The number of fused-ring (bicyclic) bond motifs is 2. The van der Waals surface area contributed by atoms with E-state index < -0.39 is 5.91 Å². The van der Waals surface area contributed by atoms with Crippen molar-refractivity contribution in [3.8, 4) is 11.8 Å². The molecule has 0 saturated carbocycles. The molecule has 4 nitrogen and oxygen atoms in total. The van der Waals surface area contributed by atoms with Gasteiger partial charge in [-0.05, 0) is 86.1 Å². The highest BCUT2D eigenvalue weighted by atomic mass is 127. The van der Waals surface area contributed by atoms with Gasteiger partial charge in [0.25, 0.3) is 5.91 Å². The number of carbonyl (C=O) groups is 1. The number of amides is 1. The number of halogens is 1. The van der Waals surface area contributed by atoms with Gasteiger partial charge in [0.15, 0.2) is 0 Å². The molecule has 0 saturated heterocycles. The van der Waals surface area contributed by atoms with E-state index in [-0.39, 0.29) is 5.57 Å². The van der Waals surface area contributed by atoms with Crippen LogP contribution in [0.5, 0.6) is 5.75 Å². The normalized spacial score (nSPS) is 11.3. The maximum atomic E-state index is 13.0. The van der Waals surface area contributed by atoms with Crippen molar-refractivity contribution in [3.63, 3.8) is 0 Å². The predicted octanol–water partition coefficient (Wildman–Crippen LogP) is 7.72. The maximum absolute atomic E-state index is 13.0. The van der Waals surface area contributed by atoms with Crippen molar-refractivity contribution in [1.82, 2.24) is 0 Å². The van der Waals surface area contributed by atoms with E-state index >= 15 is 0 Å². The molecule has 0 aromatic heterocycles. The third kappa shape index (κ3) is 5.09. The van der Waals surface area contributed by atoms with Gasteiger partial charge < -0.3 is 10.1 Å². The fourth-order valence-corrected chi connectivity index (χ4v) is 4.51. The second-order valence-corrected chi connectivity index (χ2v) is 9.50. The summed E-state index contributed by atoms with van der Waals surface area (Å²) < 4.78 is 7.37. The molecule has 1 N–H and O–H groups in total. The Morgan fingerprint density at radius 2 is 1.50 bits per heavy atom. The van der Waals surface area contributed by atoms with Crippen LogP contribution in [0, 0.1) is 14.9 Å². The van der Waals surface area contributed by atoms with Crippen LogP contribution in [-0.2, 0) is 11.4 Å². The number of nitrogens with one attached hydrogen (secondary N) is 1. The molecule has 5 heteroatoms. The smallest absolute Gasteiger partial charge is 0.266 e. The Morgan fingerprint density at radius 1 is 0.833 bits per heavy atom. The molecule has 0 unspecified atom stereocenters. The number of hydrogen-bond donors (Lipinski definition) is 1. The molecule has 174 valence electrons. The third-order valence-electron chi connectivity index (χ3n) is 5.95. The van der Waals surface area contributed by atoms with E-state index in [0.29, 0.717) is 23.6 Å². The topological polar surface area (TPSA) is 62.1 Å². The number of nitriles is 1. The van der Waals surface area contributed by atoms with Gasteiger partial charge in [0, 0.05) is 14.8 Å². The first kappa shape index (κ1) is 23.6. The molecule has 0 atom stereocenters. The first-order valence-electron chi connectivity index (χ1n) is 11.4. The fraction of sp³-hybridized carbons (Fsp3) is 0.0323. The van der Waals surface area contributed by atoms with Crippen molar-refractivity contribution in [1.29, 1.82) is 5.26 Å². The zero-order chi connectivity index (χ0) is 24.9. The van der Waals surface area contributed by atoms with E-state index in [1.54, 1.807) is 6.08 Å². The van der Waals surface area contributed by atoms with Crippen LogP contribution in [-0.4, -0.2) is 5.91 Å². The van der Waals surface area contributed by atoms with Crippen LogP contribution >= 0.6 is 22.6 Å². The molecule has 36 heavy (non-hydrogen) atoms. The summed E-state index contributed by atoms with van der Waals surface area (Å²) in [6.07, 6.45) is 1.61. The molecule has 0 heterocycles. The minimum Gasteiger partial charge on any atom is -0.488 e. The van der Waals surface area contributed by atoms with E-state index in [2.05, 4.69) is 52.2 Å². The van der Waals surface area contributed by atoms with Gasteiger partial charge in [-0.3, -0.25) is 4.79 Å². The van der Waals surface area contributed by atoms with Crippen LogP contribution in [0.15, 0.2) is 109 Å². The second-order valence-electron chi connectivity index (χ2n) is 8.26. The number of nitrogens with zero attached hydrogens (tertiary/aromatic N) is 1. The van der Waals surface area contributed by atoms with E-state index in [4.69, 9.17) is 4.74 Å². The molecular formula is C31H21IN2O2. The van der Waals surface area contributed by atoms with Crippen LogP contribution in [0.3, 0.4) is 0 Å². The van der Waals surface area contributed by atoms with Crippen LogP contribution in [0.4, 0.5) is 5.69 Å². The number of anilines is 1. The Bertz CT molecular complexity index is 1640. The van der Waals surface area contributed by atoms with Crippen molar-refractivity contribution in [2.24, 2.45) is 0 Å². The Balaban J connectivity index is 1.51. The van der Waals surface area contributed by atoms with Gasteiger partial charge in [-0.2, -0.15) is 5.26 Å².